The van der Waals surface area contributed by atoms with Gasteiger partial charge in [-0.1, -0.05) is 43.3 Å². The van der Waals surface area contributed by atoms with E-state index in [9.17, 15) is 9.90 Å². The summed E-state index contributed by atoms with van der Waals surface area (Å²) in [5.74, 6) is 1.19. The van der Waals surface area contributed by atoms with Gasteiger partial charge in [-0.2, -0.15) is 0 Å². The van der Waals surface area contributed by atoms with Gasteiger partial charge in [0.15, 0.2) is 0 Å². The summed E-state index contributed by atoms with van der Waals surface area (Å²) < 4.78 is 11.2. The summed E-state index contributed by atoms with van der Waals surface area (Å²) in [6.07, 6.45) is 3.27. The van der Waals surface area contributed by atoms with E-state index < -0.39 is 6.10 Å². The summed E-state index contributed by atoms with van der Waals surface area (Å²) in [6.45, 7) is 4.84. The topological polar surface area (TPSA) is 67.8 Å². The van der Waals surface area contributed by atoms with Gasteiger partial charge < -0.3 is 19.9 Å². The maximum atomic E-state index is 12.0. The van der Waals surface area contributed by atoms with Gasteiger partial charge in [0, 0.05) is 18.2 Å². The number of para-hydroxylation sites is 2. The fourth-order valence-electron chi connectivity index (χ4n) is 2.37. The van der Waals surface area contributed by atoms with Crippen LogP contribution in [-0.4, -0.2) is 36.9 Å². The van der Waals surface area contributed by atoms with Crippen molar-refractivity contribution < 1.29 is 19.4 Å². The summed E-state index contributed by atoms with van der Waals surface area (Å²) in [7, 11) is 0. The van der Waals surface area contributed by atoms with Gasteiger partial charge in [-0.3, -0.25) is 4.79 Å². The third-order valence-electron chi connectivity index (χ3n) is 3.83. The fraction of sp³-hybridized carbons (Fsp3) is 0.318. The lowest BCUT2D eigenvalue weighted by Gasteiger charge is -2.14. The summed E-state index contributed by atoms with van der Waals surface area (Å²) in [6, 6.07) is 15.1. The Bertz CT molecular complexity index is 757. The van der Waals surface area contributed by atoms with Gasteiger partial charge in [0.1, 0.15) is 24.2 Å². The predicted molar refractivity (Wildman–Crippen MR) is 107 cm³/mol. The molecule has 2 aromatic rings. The molecule has 0 aliphatic heterocycles. The molecule has 5 nitrogen and oxygen atoms in total. The molecule has 1 unspecified atom stereocenters. The first kappa shape index (κ1) is 20.5. The molecule has 0 saturated heterocycles. The lowest BCUT2D eigenvalue weighted by Crippen LogP contribution is -2.34. The number of amides is 1. The third kappa shape index (κ3) is 7.15. The number of rotatable bonds is 10. The van der Waals surface area contributed by atoms with Gasteiger partial charge in [0.05, 0.1) is 6.61 Å². The molecule has 1 amide bonds. The second kappa shape index (κ2) is 11.0. The van der Waals surface area contributed by atoms with E-state index in [1.165, 1.54) is 6.08 Å². The summed E-state index contributed by atoms with van der Waals surface area (Å²) in [4.78, 5) is 12.0. The minimum Gasteiger partial charge on any atom is -0.493 e. The van der Waals surface area contributed by atoms with Crippen molar-refractivity contribution in [3.8, 4) is 11.5 Å². The maximum Gasteiger partial charge on any atom is 0.244 e. The molecule has 2 N–H and O–H groups in total. The van der Waals surface area contributed by atoms with Crippen LogP contribution in [0.2, 0.25) is 0 Å². The van der Waals surface area contributed by atoms with Gasteiger partial charge in [0.25, 0.3) is 0 Å². The number of carbonyl (C=O) groups excluding carboxylic acids is 1. The standard InChI is InChI=1S/C22H27NO4/c1-3-14-26-21-11-7-5-9-18(21)12-13-22(25)23-15-19(24)16-27-20-10-6-4-8-17(20)2/h4-13,19,24H,3,14-16H2,1-2H3,(H,23,25)/b13-12+. The van der Waals surface area contributed by atoms with Crippen molar-refractivity contribution in [3.05, 3.63) is 65.7 Å². The summed E-state index contributed by atoms with van der Waals surface area (Å²) >= 11 is 0. The fourth-order valence-corrected chi connectivity index (χ4v) is 2.37. The molecule has 1 atom stereocenters. The van der Waals surface area contributed by atoms with Crippen LogP contribution in [0, 0.1) is 6.92 Å². The zero-order valence-electron chi connectivity index (χ0n) is 15.9. The molecule has 0 fully saturated rings. The first-order valence-electron chi connectivity index (χ1n) is 9.14. The van der Waals surface area contributed by atoms with Crippen LogP contribution < -0.4 is 14.8 Å². The number of nitrogens with one attached hydrogen (secondary N) is 1. The van der Waals surface area contributed by atoms with Crippen LogP contribution in [0.25, 0.3) is 6.08 Å². The van der Waals surface area contributed by atoms with Crippen molar-refractivity contribution in [2.75, 3.05) is 19.8 Å². The first-order valence-corrected chi connectivity index (χ1v) is 9.14. The molecule has 144 valence electrons. The van der Waals surface area contributed by atoms with Gasteiger partial charge in [-0.05, 0) is 37.1 Å². The Balaban J connectivity index is 1.78. The minimum atomic E-state index is -0.790. The number of hydrogen-bond acceptors (Lipinski definition) is 4. The van der Waals surface area contributed by atoms with E-state index in [-0.39, 0.29) is 19.1 Å². The number of hydrogen-bond donors (Lipinski definition) is 2. The van der Waals surface area contributed by atoms with E-state index in [4.69, 9.17) is 9.47 Å². The summed E-state index contributed by atoms with van der Waals surface area (Å²) in [5, 5.41) is 12.7. The number of aliphatic hydroxyl groups is 1. The van der Waals surface area contributed by atoms with Crippen molar-refractivity contribution in [2.45, 2.75) is 26.4 Å². The predicted octanol–water partition coefficient (Wildman–Crippen LogP) is 3.35. The molecule has 0 spiro atoms. The van der Waals surface area contributed by atoms with Crippen molar-refractivity contribution in [3.63, 3.8) is 0 Å². The molecule has 0 heterocycles. The minimum absolute atomic E-state index is 0.114. The number of aryl methyl sites for hydroxylation is 1. The molecule has 27 heavy (non-hydrogen) atoms. The molecule has 0 aromatic heterocycles. The normalized spacial score (nSPS) is 12.0. The van der Waals surface area contributed by atoms with Crippen molar-refractivity contribution in [1.29, 1.82) is 0 Å². The molecule has 2 aromatic carbocycles. The highest BCUT2D eigenvalue weighted by Crippen LogP contribution is 2.19. The number of benzene rings is 2. The van der Waals surface area contributed by atoms with Crippen LogP contribution in [0.15, 0.2) is 54.6 Å². The molecule has 5 heteroatoms. The van der Waals surface area contributed by atoms with Gasteiger partial charge in [-0.15, -0.1) is 0 Å². The van der Waals surface area contributed by atoms with E-state index in [0.29, 0.717) is 6.61 Å². The highest BCUT2D eigenvalue weighted by molar-refractivity contribution is 5.92. The zero-order valence-corrected chi connectivity index (χ0v) is 15.9. The van der Waals surface area contributed by atoms with Crippen LogP contribution in [0.1, 0.15) is 24.5 Å². The molecule has 0 aliphatic rings. The average Bonchev–Trinajstić information content (AvgIpc) is 2.69. The maximum absolute atomic E-state index is 12.0. The van der Waals surface area contributed by atoms with Crippen LogP contribution in [0.3, 0.4) is 0 Å². The highest BCUT2D eigenvalue weighted by atomic mass is 16.5. The molecule has 0 aliphatic carbocycles. The van der Waals surface area contributed by atoms with E-state index in [2.05, 4.69) is 5.32 Å². The van der Waals surface area contributed by atoms with Gasteiger partial charge in [-0.25, -0.2) is 0 Å². The average molecular weight is 369 g/mol. The van der Waals surface area contributed by atoms with E-state index in [0.717, 1.165) is 29.0 Å². The Morgan fingerprint density at radius 3 is 2.56 bits per heavy atom. The van der Waals surface area contributed by atoms with Crippen molar-refractivity contribution in [1.82, 2.24) is 5.32 Å². The Labute approximate surface area is 160 Å². The number of ether oxygens (including phenoxy) is 2. The van der Waals surface area contributed by atoms with E-state index in [1.54, 1.807) is 6.08 Å². The SMILES string of the molecule is CCCOc1ccccc1/C=C/C(=O)NCC(O)COc1ccccc1C. The monoisotopic (exact) mass is 369 g/mol. The molecule has 0 radical (unpaired) electrons. The molecule has 0 saturated carbocycles. The van der Waals surface area contributed by atoms with Crippen LogP contribution in [0.4, 0.5) is 0 Å². The number of carbonyl (C=O) groups is 1. The van der Waals surface area contributed by atoms with Crippen LogP contribution >= 0.6 is 0 Å². The zero-order chi connectivity index (χ0) is 19.5. The molecular weight excluding hydrogens is 342 g/mol. The Hall–Kier alpha value is -2.79. The van der Waals surface area contributed by atoms with E-state index >= 15 is 0 Å². The van der Waals surface area contributed by atoms with Crippen LogP contribution in [0.5, 0.6) is 11.5 Å². The van der Waals surface area contributed by atoms with Crippen molar-refractivity contribution >= 4 is 12.0 Å². The smallest absolute Gasteiger partial charge is 0.244 e. The van der Waals surface area contributed by atoms with Gasteiger partial charge in [0.2, 0.25) is 5.91 Å². The first-order chi connectivity index (χ1) is 13.1. The van der Waals surface area contributed by atoms with Crippen molar-refractivity contribution in [2.24, 2.45) is 0 Å². The molecule has 0 bridgehead atoms. The lowest BCUT2D eigenvalue weighted by molar-refractivity contribution is -0.117. The highest BCUT2D eigenvalue weighted by Gasteiger charge is 2.08. The second-order valence-corrected chi connectivity index (χ2v) is 6.20. The Kier molecular flexibility index (Phi) is 8.39. The Morgan fingerprint density at radius 2 is 1.81 bits per heavy atom. The third-order valence-corrected chi connectivity index (χ3v) is 3.83. The largest absolute Gasteiger partial charge is 0.493 e. The Morgan fingerprint density at radius 1 is 1.11 bits per heavy atom. The summed E-state index contributed by atoms with van der Waals surface area (Å²) in [5.41, 5.74) is 1.84. The van der Waals surface area contributed by atoms with E-state index in [1.807, 2.05) is 62.4 Å². The number of aliphatic hydroxyl groups excluding tert-OH is 1. The van der Waals surface area contributed by atoms with Crippen LogP contribution in [-0.2, 0) is 4.79 Å². The molecular formula is C22H27NO4. The lowest BCUT2D eigenvalue weighted by atomic mass is 10.2. The second-order valence-electron chi connectivity index (χ2n) is 6.20. The van der Waals surface area contributed by atoms with Gasteiger partial charge >= 0.3 is 0 Å². The molecule has 2 rings (SSSR count). The quantitative estimate of drug-likeness (QED) is 0.630.